The monoisotopic (exact) mass is 368 g/mol. The molecule has 0 saturated heterocycles. The minimum absolute atomic E-state index is 0.0933. The molecule has 5 heteroatoms. The van der Waals surface area contributed by atoms with Gasteiger partial charge in [-0.25, -0.2) is 8.78 Å². The fourth-order valence-electron chi connectivity index (χ4n) is 2.31. The van der Waals surface area contributed by atoms with Crippen LogP contribution in [0.3, 0.4) is 0 Å². The van der Waals surface area contributed by atoms with E-state index in [1.54, 1.807) is 24.3 Å². The Bertz CT molecular complexity index is 615. The average Bonchev–Trinajstić information content (AvgIpc) is 2.48. The van der Waals surface area contributed by atoms with E-state index in [1.807, 2.05) is 14.1 Å². The van der Waals surface area contributed by atoms with Crippen molar-refractivity contribution < 1.29 is 8.78 Å². The molecule has 0 saturated carbocycles. The molecule has 2 rings (SSSR count). The Kier molecular flexibility index (Phi) is 6.06. The third kappa shape index (κ3) is 4.60. The van der Waals surface area contributed by atoms with Gasteiger partial charge in [-0.15, -0.1) is 0 Å². The van der Waals surface area contributed by atoms with E-state index in [2.05, 4.69) is 26.1 Å². The van der Waals surface area contributed by atoms with Gasteiger partial charge in [-0.2, -0.15) is 0 Å². The molecule has 22 heavy (non-hydrogen) atoms. The fourth-order valence-corrected chi connectivity index (χ4v) is 2.71. The quantitative estimate of drug-likeness (QED) is 0.824. The predicted octanol–water partition coefficient (Wildman–Crippen LogP) is 4.12. The molecule has 2 nitrogen and oxygen atoms in total. The highest BCUT2D eigenvalue weighted by atomic mass is 79.9. The molecule has 1 atom stereocenters. The van der Waals surface area contributed by atoms with Crippen LogP contribution in [0.15, 0.2) is 46.9 Å². The number of benzene rings is 2. The van der Waals surface area contributed by atoms with Crippen molar-refractivity contribution >= 4 is 15.9 Å². The zero-order chi connectivity index (χ0) is 16.1. The molecular formula is C17H19BrF2N2. The molecule has 1 unspecified atom stereocenters. The molecule has 0 aliphatic heterocycles. The second kappa shape index (κ2) is 7.81. The molecule has 0 heterocycles. The number of nitrogens with zero attached hydrogens (tertiary/aromatic N) is 1. The van der Waals surface area contributed by atoms with Crippen LogP contribution in [0, 0.1) is 11.6 Å². The van der Waals surface area contributed by atoms with Crippen LogP contribution in [-0.2, 0) is 6.54 Å². The van der Waals surface area contributed by atoms with Gasteiger partial charge in [-0.1, -0.05) is 28.1 Å². The molecule has 0 amide bonds. The highest BCUT2D eigenvalue weighted by Crippen LogP contribution is 2.19. The SMILES string of the molecule is CN(C)C(CNCc1cc(Br)ccc1F)c1ccc(F)cc1. The summed E-state index contributed by atoms with van der Waals surface area (Å²) in [4.78, 5) is 2.05. The van der Waals surface area contributed by atoms with Crippen LogP contribution < -0.4 is 5.32 Å². The van der Waals surface area contributed by atoms with E-state index in [0.29, 0.717) is 18.7 Å². The molecule has 0 aliphatic carbocycles. The Labute approximate surface area is 138 Å². The maximum atomic E-state index is 13.7. The lowest BCUT2D eigenvalue weighted by Crippen LogP contribution is -2.31. The van der Waals surface area contributed by atoms with Crippen LogP contribution in [-0.4, -0.2) is 25.5 Å². The van der Waals surface area contributed by atoms with Gasteiger partial charge < -0.3 is 10.2 Å². The summed E-state index contributed by atoms with van der Waals surface area (Å²) >= 11 is 3.35. The van der Waals surface area contributed by atoms with Crippen molar-refractivity contribution in [3.05, 3.63) is 69.7 Å². The van der Waals surface area contributed by atoms with Gasteiger partial charge in [0.25, 0.3) is 0 Å². The van der Waals surface area contributed by atoms with Crippen molar-refractivity contribution in [2.45, 2.75) is 12.6 Å². The van der Waals surface area contributed by atoms with E-state index in [-0.39, 0.29) is 17.7 Å². The molecule has 118 valence electrons. The first-order chi connectivity index (χ1) is 10.5. The standard InChI is InChI=1S/C17H19BrF2N2/c1-22(2)17(12-3-6-15(19)7-4-12)11-21-10-13-9-14(18)5-8-16(13)20/h3-9,17,21H,10-11H2,1-2H3. The van der Waals surface area contributed by atoms with Crippen molar-refractivity contribution in [3.63, 3.8) is 0 Å². The summed E-state index contributed by atoms with van der Waals surface area (Å²) in [6.45, 7) is 1.08. The predicted molar refractivity (Wildman–Crippen MR) is 88.6 cm³/mol. The third-order valence-electron chi connectivity index (χ3n) is 3.54. The lowest BCUT2D eigenvalue weighted by Gasteiger charge is -2.25. The van der Waals surface area contributed by atoms with Gasteiger partial charge in [0.05, 0.1) is 0 Å². The minimum atomic E-state index is -0.245. The Balaban J connectivity index is 2.00. The van der Waals surface area contributed by atoms with Crippen molar-refractivity contribution in [2.24, 2.45) is 0 Å². The van der Waals surface area contributed by atoms with Crippen molar-refractivity contribution in [2.75, 3.05) is 20.6 Å². The Morgan fingerprint density at radius 1 is 1.09 bits per heavy atom. The van der Waals surface area contributed by atoms with Gasteiger partial charge in [0.2, 0.25) is 0 Å². The second-order valence-corrected chi connectivity index (χ2v) is 6.31. The normalized spacial score (nSPS) is 12.6. The van der Waals surface area contributed by atoms with Crippen LogP contribution in [0.2, 0.25) is 0 Å². The maximum Gasteiger partial charge on any atom is 0.127 e. The molecule has 0 aliphatic rings. The molecule has 2 aromatic carbocycles. The first-order valence-electron chi connectivity index (χ1n) is 7.04. The van der Waals surface area contributed by atoms with Gasteiger partial charge >= 0.3 is 0 Å². The highest BCUT2D eigenvalue weighted by Gasteiger charge is 2.14. The van der Waals surface area contributed by atoms with Gasteiger partial charge in [-0.05, 0) is 50.0 Å². The van der Waals surface area contributed by atoms with E-state index in [1.165, 1.54) is 18.2 Å². The summed E-state index contributed by atoms with van der Waals surface area (Å²) in [7, 11) is 3.94. The zero-order valence-electron chi connectivity index (χ0n) is 12.6. The summed E-state index contributed by atoms with van der Waals surface area (Å²) in [6.07, 6.45) is 0. The van der Waals surface area contributed by atoms with Crippen molar-refractivity contribution in [1.82, 2.24) is 10.2 Å². The summed E-state index contributed by atoms with van der Waals surface area (Å²) in [5.74, 6) is -0.468. The molecule has 1 N–H and O–H groups in total. The minimum Gasteiger partial charge on any atom is -0.311 e. The highest BCUT2D eigenvalue weighted by molar-refractivity contribution is 9.10. The van der Waals surface area contributed by atoms with E-state index < -0.39 is 0 Å². The summed E-state index contributed by atoms with van der Waals surface area (Å²) in [5, 5.41) is 3.27. The van der Waals surface area contributed by atoms with Crippen molar-refractivity contribution in [3.8, 4) is 0 Å². The topological polar surface area (TPSA) is 15.3 Å². The lowest BCUT2D eigenvalue weighted by atomic mass is 10.1. The maximum absolute atomic E-state index is 13.7. The molecule has 0 bridgehead atoms. The van der Waals surface area contributed by atoms with Crippen LogP contribution >= 0.6 is 15.9 Å². The summed E-state index contributed by atoms with van der Waals surface area (Å²) < 4.78 is 27.6. The van der Waals surface area contributed by atoms with Crippen LogP contribution in [0.5, 0.6) is 0 Å². The second-order valence-electron chi connectivity index (χ2n) is 5.40. The Morgan fingerprint density at radius 3 is 2.41 bits per heavy atom. The smallest absolute Gasteiger partial charge is 0.127 e. The van der Waals surface area contributed by atoms with Crippen molar-refractivity contribution in [1.29, 1.82) is 0 Å². The number of rotatable bonds is 6. The van der Waals surface area contributed by atoms with E-state index in [9.17, 15) is 8.78 Å². The van der Waals surface area contributed by atoms with Gasteiger partial charge in [-0.3, -0.25) is 0 Å². The Morgan fingerprint density at radius 2 is 1.77 bits per heavy atom. The zero-order valence-corrected chi connectivity index (χ0v) is 14.2. The van der Waals surface area contributed by atoms with Gasteiger partial charge in [0.1, 0.15) is 11.6 Å². The largest absolute Gasteiger partial charge is 0.311 e. The van der Waals surface area contributed by atoms with Crippen LogP contribution in [0.25, 0.3) is 0 Å². The number of hydrogen-bond donors (Lipinski definition) is 1. The summed E-state index contributed by atoms with van der Waals surface area (Å²) in [6, 6.07) is 11.5. The van der Waals surface area contributed by atoms with Crippen LogP contribution in [0.1, 0.15) is 17.2 Å². The molecular weight excluding hydrogens is 350 g/mol. The lowest BCUT2D eigenvalue weighted by molar-refractivity contribution is 0.288. The number of likely N-dealkylation sites (N-methyl/N-ethyl adjacent to an activating group) is 1. The molecule has 2 aromatic rings. The number of nitrogens with one attached hydrogen (secondary N) is 1. The molecule has 0 aromatic heterocycles. The number of halogens is 3. The fraction of sp³-hybridized carbons (Fsp3) is 0.294. The summed E-state index contributed by atoms with van der Waals surface area (Å²) in [5.41, 5.74) is 1.64. The molecule has 0 radical (unpaired) electrons. The van der Waals surface area contributed by atoms with E-state index >= 15 is 0 Å². The third-order valence-corrected chi connectivity index (χ3v) is 4.03. The molecule has 0 fully saturated rings. The van der Waals surface area contributed by atoms with E-state index in [4.69, 9.17) is 0 Å². The Hall–Kier alpha value is -1.30. The van der Waals surface area contributed by atoms with E-state index in [0.717, 1.165) is 10.0 Å². The number of hydrogen-bond acceptors (Lipinski definition) is 2. The first kappa shape index (κ1) is 17.1. The van der Waals surface area contributed by atoms with Crippen LogP contribution in [0.4, 0.5) is 8.78 Å². The molecule has 0 spiro atoms. The average molecular weight is 369 g/mol. The first-order valence-corrected chi connectivity index (χ1v) is 7.83. The van der Waals surface area contributed by atoms with Gasteiger partial charge in [0.15, 0.2) is 0 Å². The van der Waals surface area contributed by atoms with Gasteiger partial charge in [0, 0.05) is 29.2 Å².